The summed E-state index contributed by atoms with van der Waals surface area (Å²) in [6.45, 7) is 10.1. The number of aromatic hydroxyl groups is 1. The molecule has 35 heavy (non-hydrogen) atoms. The smallest absolute Gasteiger partial charge is 0.263 e. The largest absolute Gasteiger partial charge is 0.506 e. The van der Waals surface area contributed by atoms with E-state index in [4.69, 9.17) is 30.5 Å². The molecule has 0 saturated carbocycles. The molecule has 0 saturated heterocycles. The SMILES string of the molecule is C=C(Cc1ccc(Cl)cc1)OC(=C)c1c(O)c(-c2c(OC)cccc2OC)c(COCC)[nH]c1=O. The summed E-state index contributed by atoms with van der Waals surface area (Å²) in [5, 5.41) is 12.0. The molecular formula is C27H28ClNO6. The minimum atomic E-state index is -0.584. The maximum atomic E-state index is 13.0. The van der Waals surface area contributed by atoms with Crippen molar-refractivity contribution >= 4 is 17.4 Å². The average molecular weight is 498 g/mol. The van der Waals surface area contributed by atoms with Crippen molar-refractivity contribution < 1.29 is 24.1 Å². The average Bonchev–Trinajstić information content (AvgIpc) is 2.83. The Kier molecular flexibility index (Phi) is 8.63. The monoisotopic (exact) mass is 497 g/mol. The van der Waals surface area contributed by atoms with E-state index in [2.05, 4.69) is 18.1 Å². The highest BCUT2D eigenvalue weighted by Gasteiger charge is 2.26. The first-order chi connectivity index (χ1) is 16.8. The molecule has 3 rings (SSSR count). The molecule has 0 bridgehead atoms. The molecule has 8 heteroatoms. The number of halogens is 1. The van der Waals surface area contributed by atoms with E-state index < -0.39 is 5.56 Å². The van der Waals surface area contributed by atoms with E-state index in [0.717, 1.165) is 5.56 Å². The van der Waals surface area contributed by atoms with E-state index in [0.29, 0.717) is 46.6 Å². The van der Waals surface area contributed by atoms with Gasteiger partial charge in [-0.3, -0.25) is 4.79 Å². The number of allylic oxidation sites excluding steroid dienone is 1. The Morgan fingerprint density at radius 1 is 1.03 bits per heavy atom. The van der Waals surface area contributed by atoms with Gasteiger partial charge >= 0.3 is 0 Å². The molecule has 184 valence electrons. The van der Waals surface area contributed by atoms with Crippen LogP contribution in [0.4, 0.5) is 0 Å². The molecule has 0 atom stereocenters. The van der Waals surface area contributed by atoms with Gasteiger partial charge in [0, 0.05) is 18.1 Å². The predicted octanol–water partition coefficient (Wildman–Crippen LogP) is 5.70. The lowest BCUT2D eigenvalue weighted by Crippen LogP contribution is -2.18. The molecule has 0 unspecified atom stereocenters. The fourth-order valence-corrected chi connectivity index (χ4v) is 3.79. The molecule has 0 radical (unpaired) electrons. The lowest BCUT2D eigenvalue weighted by Gasteiger charge is -2.20. The second-order valence-corrected chi connectivity index (χ2v) is 8.01. The number of aromatic amines is 1. The highest BCUT2D eigenvalue weighted by molar-refractivity contribution is 6.30. The van der Waals surface area contributed by atoms with Crippen LogP contribution in [0, 0.1) is 0 Å². The number of hydrogen-bond acceptors (Lipinski definition) is 6. The first kappa shape index (κ1) is 25.9. The van der Waals surface area contributed by atoms with Gasteiger partial charge in [0.05, 0.1) is 37.6 Å². The van der Waals surface area contributed by atoms with E-state index >= 15 is 0 Å². The van der Waals surface area contributed by atoms with Crippen molar-refractivity contribution in [2.24, 2.45) is 0 Å². The van der Waals surface area contributed by atoms with Crippen LogP contribution in [-0.2, 0) is 22.5 Å². The molecule has 0 spiro atoms. The molecule has 2 N–H and O–H groups in total. The van der Waals surface area contributed by atoms with Gasteiger partial charge < -0.3 is 29.0 Å². The van der Waals surface area contributed by atoms with E-state index in [-0.39, 0.29) is 29.2 Å². The minimum absolute atomic E-state index is 0.0483. The van der Waals surface area contributed by atoms with Crippen molar-refractivity contribution in [1.29, 1.82) is 0 Å². The minimum Gasteiger partial charge on any atom is -0.506 e. The van der Waals surface area contributed by atoms with E-state index in [9.17, 15) is 9.90 Å². The van der Waals surface area contributed by atoms with E-state index in [1.807, 2.05) is 19.1 Å². The molecule has 1 heterocycles. The van der Waals surface area contributed by atoms with Crippen LogP contribution >= 0.6 is 11.6 Å². The highest BCUT2D eigenvalue weighted by atomic mass is 35.5. The summed E-state index contributed by atoms with van der Waals surface area (Å²) >= 11 is 5.94. The van der Waals surface area contributed by atoms with Crippen LogP contribution in [0.25, 0.3) is 16.9 Å². The molecule has 0 aliphatic rings. The number of aromatic nitrogens is 1. The molecule has 0 amide bonds. The number of benzene rings is 2. The summed E-state index contributed by atoms with van der Waals surface area (Å²) in [7, 11) is 3.01. The van der Waals surface area contributed by atoms with Crippen molar-refractivity contribution in [2.75, 3.05) is 20.8 Å². The molecule has 0 fully saturated rings. The maximum Gasteiger partial charge on any atom is 0.263 e. The van der Waals surface area contributed by atoms with Crippen LogP contribution in [0.5, 0.6) is 17.2 Å². The Bertz CT molecular complexity index is 1260. The number of ether oxygens (including phenoxy) is 4. The molecule has 3 aromatic rings. The lowest BCUT2D eigenvalue weighted by molar-refractivity contribution is 0.131. The van der Waals surface area contributed by atoms with Crippen molar-refractivity contribution in [3.8, 4) is 28.4 Å². The molecule has 2 aromatic carbocycles. The van der Waals surface area contributed by atoms with Crippen molar-refractivity contribution in [3.05, 3.63) is 93.6 Å². The van der Waals surface area contributed by atoms with Gasteiger partial charge in [-0.1, -0.05) is 43.0 Å². The van der Waals surface area contributed by atoms with Crippen LogP contribution in [-0.4, -0.2) is 30.9 Å². The zero-order valence-corrected chi connectivity index (χ0v) is 20.7. The van der Waals surface area contributed by atoms with Gasteiger partial charge in [-0.05, 0) is 36.8 Å². The Morgan fingerprint density at radius 2 is 1.66 bits per heavy atom. The Labute approximate surface area is 209 Å². The van der Waals surface area contributed by atoms with E-state index in [1.54, 1.807) is 30.3 Å². The summed E-state index contributed by atoms with van der Waals surface area (Å²) in [4.78, 5) is 15.8. The van der Waals surface area contributed by atoms with Crippen LogP contribution in [0.1, 0.15) is 23.7 Å². The van der Waals surface area contributed by atoms with Crippen LogP contribution in [0.2, 0.25) is 5.02 Å². The van der Waals surface area contributed by atoms with Gasteiger partial charge in [0.1, 0.15) is 34.3 Å². The quantitative estimate of drug-likeness (QED) is 0.330. The number of nitrogens with one attached hydrogen (secondary N) is 1. The number of hydrogen-bond donors (Lipinski definition) is 2. The number of rotatable bonds is 11. The van der Waals surface area contributed by atoms with Crippen LogP contribution in [0.15, 0.2) is 66.2 Å². The van der Waals surface area contributed by atoms with Crippen LogP contribution in [0.3, 0.4) is 0 Å². The predicted molar refractivity (Wildman–Crippen MR) is 137 cm³/mol. The zero-order chi connectivity index (χ0) is 25.5. The maximum absolute atomic E-state index is 13.0. The molecule has 0 aliphatic heterocycles. The Hall–Kier alpha value is -3.68. The lowest BCUT2D eigenvalue weighted by atomic mass is 9.97. The van der Waals surface area contributed by atoms with Gasteiger partial charge in [-0.2, -0.15) is 0 Å². The number of methoxy groups -OCH3 is 2. The van der Waals surface area contributed by atoms with Gasteiger partial charge in [-0.25, -0.2) is 0 Å². The molecule has 7 nitrogen and oxygen atoms in total. The first-order valence-corrected chi connectivity index (χ1v) is 11.2. The summed E-state index contributed by atoms with van der Waals surface area (Å²) in [5.41, 5.74) is 1.29. The van der Waals surface area contributed by atoms with Crippen LogP contribution < -0.4 is 15.0 Å². The van der Waals surface area contributed by atoms with Crippen molar-refractivity contribution in [2.45, 2.75) is 20.0 Å². The number of H-pyrrole nitrogens is 1. The summed E-state index contributed by atoms with van der Waals surface area (Å²) in [6.07, 6.45) is 0.366. The van der Waals surface area contributed by atoms with Gasteiger partial charge in [0.2, 0.25) is 0 Å². The van der Waals surface area contributed by atoms with Crippen molar-refractivity contribution in [1.82, 2.24) is 4.98 Å². The molecule has 1 aromatic heterocycles. The second-order valence-electron chi connectivity index (χ2n) is 7.57. The standard InChI is InChI=1S/C27H28ClNO6/c1-6-34-15-20-24(25-21(32-4)8-7-9-22(25)33-5)26(30)23(27(31)29-20)17(3)35-16(2)14-18-10-12-19(28)13-11-18/h7-13H,2-3,6,14-15H2,1,4-5H3,(H2,29,30,31). The third kappa shape index (κ3) is 5.88. The second kappa shape index (κ2) is 11.6. The summed E-state index contributed by atoms with van der Waals surface area (Å²) < 4.78 is 22.4. The van der Waals surface area contributed by atoms with Gasteiger partial charge in [-0.15, -0.1) is 0 Å². The summed E-state index contributed by atoms with van der Waals surface area (Å²) in [5.74, 6) is 0.824. The molecule has 0 aliphatic carbocycles. The fraction of sp³-hybridized carbons (Fsp3) is 0.222. The Morgan fingerprint density at radius 3 is 2.23 bits per heavy atom. The van der Waals surface area contributed by atoms with Gasteiger partial charge in [0.15, 0.2) is 0 Å². The van der Waals surface area contributed by atoms with Gasteiger partial charge in [0.25, 0.3) is 5.56 Å². The third-order valence-corrected chi connectivity index (χ3v) is 5.51. The highest BCUT2D eigenvalue weighted by Crippen LogP contribution is 2.45. The zero-order valence-electron chi connectivity index (χ0n) is 19.9. The topological polar surface area (TPSA) is 90.0 Å². The third-order valence-electron chi connectivity index (χ3n) is 5.26. The molecular weight excluding hydrogens is 470 g/mol. The normalized spacial score (nSPS) is 10.6. The first-order valence-electron chi connectivity index (χ1n) is 10.9. The van der Waals surface area contributed by atoms with Crippen molar-refractivity contribution in [3.63, 3.8) is 0 Å². The summed E-state index contributed by atoms with van der Waals surface area (Å²) in [6, 6.07) is 12.4. The van der Waals surface area contributed by atoms with E-state index in [1.165, 1.54) is 14.2 Å². The Balaban J connectivity index is 2.07. The fourth-order valence-electron chi connectivity index (χ4n) is 3.67. The number of pyridine rings is 1.